The van der Waals surface area contributed by atoms with Crippen LogP contribution >= 0.6 is 0 Å². The summed E-state index contributed by atoms with van der Waals surface area (Å²) in [4.78, 5) is 20.4. The highest BCUT2D eigenvalue weighted by atomic mass is 16.4. The molecular formula is C21H15N3O2. The highest BCUT2D eigenvalue weighted by Gasteiger charge is 2.10. The molecule has 0 aliphatic heterocycles. The van der Waals surface area contributed by atoms with E-state index in [-0.39, 0.29) is 5.56 Å². The topological polar surface area (TPSA) is 75.1 Å². The van der Waals surface area contributed by atoms with Crippen LogP contribution in [-0.2, 0) is 0 Å². The van der Waals surface area contributed by atoms with E-state index in [9.17, 15) is 4.79 Å². The molecule has 0 aliphatic carbocycles. The first-order valence-corrected chi connectivity index (χ1v) is 8.13. The number of hydrogen-bond acceptors (Lipinski definition) is 4. The van der Waals surface area contributed by atoms with Crippen molar-refractivity contribution in [3.63, 3.8) is 0 Å². The lowest BCUT2D eigenvalue weighted by Gasteiger charge is -2.11. The van der Waals surface area contributed by atoms with E-state index in [2.05, 4.69) is 15.3 Å². The minimum atomic E-state index is -0.974. The Kier molecular flexibility index (Phi) is 4.03. The fourth-order valence-corrected chi connectivity index (χ4v) is 2.81. The largest absolute Gasteiger partial charge is 0.478 e. The number of aromatic carboxylic acids is 1. The van der Waals surface area contributed by atoms with E-state index in [0.717, 1.165) is 22.2 Å². The maximum atomic E-state index is 11.2. The second kappa shape index (κ2) is 6.64. The molecule has 0 bridgehead atoms. The standard InChI is InChI=1S/C21H15N3O2/c25-20(26)15-9-6-10-16(13-15)22-21-23-18-12-5-4-11-17(18)19(24-21)14-7-2-1-3-8-14/h1-13H,(H,25,26)(H,22,23,24). The number of carbonyl (C=O) groups is 1. The van der Waals surface area contributed by atoms with Crippen molar-refractivity contribution >= 4 is 28.5 Å². The van der Waals surface area contributed by atoms with Crippen LogP contribution in [0.15, 0.2) is 78.9 Å². The zero-order chi connectivity index (χ0) is 17.9. The van der Waals surface area contributed by atoms with E-state index in [1.54, 1.807) is 24.3 Å². The number of carboxylic acid groups (broad SMARTS) is 1. The molecule has 0 unspecified atom stereocenters. The van der Waals surface area contributed by atoms with Gasteiger partial charge in [-0.15, -0.1) is 0 Å². The first-order valence-electron chi connectivity index (χ1n) is 8.13. The summed E-state index contributed by atoms with van der Waals surface area (Å²) in [6.07, 6.45) is 0. The summed E-state index contributed by atoms with van der Waals surface area (Å²) in [6, 6.07) is 24.3. The Bertz CT molecular complexity index is 1090. The maximum absolute atomic E-state index is 11.2. The molecule has 0 atom stereocenters. The molecule has 1 aromatic heterocycles. The van der Waals surface area contributed by atoms with Gasteiger partial charge in [0.2, 0.25) is 5.95 Å². The Morgan fingerprint density at radius 1 is 0.846 bits per heavy atom. The van der Waals surface area contributed by atoms with Crippen LogP contribution in [0.25, 0.3) is 22.2 Å². The van der Waals surface area contributed by atoms with Crippen molar-refractivity contribution in [2.24, 2.45) is 0 Å². The second-order valence-electron chi connectivity index (χ2n) is 5.79. The summed E-state index contributed by atoms with van der Waals surface area (Å²) >= 11 is 0. The normalized spacial score (nSPS) is 10.6. The summed E-state index contributed by atoms with van der Waals surface area (Å²) in [5.74, 6) is -0.553. The van der Waals surface area contributed by atoms with Gasteiger partial charge in [-0.25, -0.2) is 14.8 Å². The number of nitrogens with one attached hydrogen (secondary N) is 1. The number of para-hydroxylation sites is 1. The van der Waals surface area contributed by atoms with E-state index in [1.807, 2.05) is 54.6 Å². The number of rotatable bonds is 4. The molecule has 2 N–H and O–H groups in total. The number of carboxylic acids is 1. The van der Waals surface area contributed by atoms with Gasteiger partial charge in [0, 0.05) is 16.6 Å². The lowest BCUT2D eigenvalue weighted by Crippen LogP contribution is -2.01. The predicted octanol–water partition coefficient (Wildman–Crippen LogP) is 4.74. The summed E-state index contributed by atoms with van der Waals surface area (Å²) in [7, 11) is 0. The average molecular weight is 341 g/mol. The Labute approximate surface area is 150 Å². The Morgan fingerprint density at radius 3 is 2.42 bits per heavy atom. The van der Waals surface area contributed by atoms with Crippen molar-refractivity contribution in [2.75, 3.05) is 5.32 Å². The molecule has 0 saturated carbocycles. The van der Waals surface area contributed by atoms with Crippen LogP contribution in [0, 0.1) is 0 Å². The van der Waals surface area contributed by atoms with Crippen molar-refractivity contribution in [1.82, 2.24) is 9.97 Å². The molecule has 0 radical (unpaired) electrons. The Balaban J connectivity index is 1.81. The fraction of sp³-hybridized carbons (Fsp3) is 0. The van der Waals surface area contributed by atoms with Gasteiger partial charge >= 0.3 is 5.97 Å². The molecule has 0 amide bonds. The smallest absolute Gasteiger partial charge is 0.335 e. The molecule has 4 aromatic rings. The van der Waals surface area contributed by atoms with Gasteiger partial charge in [-0.3, -0.25) is 0 Å². The molecule has 0 fully saturated rings. The van der Waals surface area contributed by atoms with Crippen molar-refractivity contribution in [2.45, 2.75) is 0 Å². The van der Waals surface area contributed by atoms with Gasteiger partial charge in [-0.1, -0.05) is 54.6 Å². The molecule has 1 heterocycles. The lowest BCUT2D eigenvalue weighted by molar-refractivity contribution is 0.0697. The van der Waals surface area contributed by atoms with Crippen molar-refractivity contribution in [1.29, 1.82) is 0 Å². The van der Waals surface area contributed by atoms with Crippen molar-refractivity contribution in [3.05, 3.63) is 84.4 Å². The van der Waals surface area contributed by atoms with Crippen LogP contribution in [-0.4, -0.2) is 21.0 Å². The fourth-order valence-electron chi connectivity index (χ4n) is 2.81. The molecule has 26 heavy (non-hydrogen) atoms. The number of nitrogens with zero attached hydrogens (tertiary/aromatic N) is 2. The summed E-state index contributed by atoms with van der Waals surface area (Å²) in [6.45, 7) is 0. The third kappa shape index (κ3) is 3.10. The summed E-state index contributed by atoms with van der Waals surface area (Å²) in [5, 5.41) is 13.2. The second-order valence-corrected chi connectivity index (χ2v) is 5.79. The minimum Gasteiger partial charge on any atom is -0.478 e. The first kappa shape index (κ1) is 15.8. The minimum absolute atomic E-state index is 0.207. The molecule has 5 heteroatoms. The highest BCUT2D eigenvalue weighted by Crippen LogP contribution is 2.28. The number of fused-ring (bicyclic) bond motifs is 1. The van der Waals surface area contributed by atoms with Gasteiger partial charge < -0.3 is 10.4 Å². The Hall–Kier alpha value is -3.73. The van der Waals surface area contributed by atoms with Gasteiger partial charge in [-0.2, -0.15) is 0 Å². The third-order valence-electron chi connectivity index (χ3n) is 4.02. The summed E-state index contributed by atoms with van der Waals surface area (Å²) < 4.78 is 0. The van der Waals surface area contributed by atoms with Crippen LogP contribution in [0.1, 0.15) is 10.4 Å². The van der Waals surface area contributed by atoms with Gasteiger partial charge in [0.05, 0.1) is 16.8 Å². The van der Waals surface area contributed by atoms with Crippen LogP contribution in [0.2, 0.25) is 0 Å². The van der Waals surface area contributed by atoms with E-state index in [1.165, 1.54) is 0 Å². The van der Waals surface area contributed by atoms with E-state index in [4.69, 9.17) is 5.11 Å². The SMILES string of the molecule is O=C(O)c1cccc(Nc2nc(-c3ccccc3)c3ccccc3n2)c1. The molecular weight excluding hydrogens is 326 g/mol. The van der Waals surface area contributed by atoms with Gasteiger partial charge in [0.15, 0.2) is 0 Å². The molecule has 3 aromatic carbocycles. The highest BCUT2D eigenvalue weighted by molar-refractivity contribution is 5.93. The third-order valence-corrected chi connectivity index (χ3v) is 4.02. The van der Waals surface area contributed by atoms with Crippen LogP contribution in [0.5, 0.6) is 0 Å². The van der Waals surface area contributed by atoms with E-state index >= 15 is 0 Å². The molecule has 4 rings (SSSR count). The van der Waals surface area contributed by atoms with Crippen LogP contribution < -0.4 is 5.32 Å². The zero-order valence-electron chi connectivity index (χ0n) is 13.8. The molecule has 5 nitrogen and oxygen atoms in total. The zero-order valence-corrected chi connectivity index (χ0v) is 13.8. The van der Waals surface area contributed by atoms with Crippen LogP contribution in [0.3, 0.4) is 0 Å². The number of benzene rings is 3. The molecule has 0 spiro atoms. The number of hydrogen-bond donors (Lipinski definition) is 2. The molecule has 0 saturated heterocycles. The summed E-state index contributed by atoms with van der Waals surface area (Å²) in [5.41, 5.74) is 3.47. The number of aromatic nitrogens is 2. The van der Waals surface area contributed by atoms with E-state index < -0.39 is 5.97 Å². The van der Waals surface area contributed by atoms with Crippen molar-refractivity contribution in [3.8, 4) is 11.3 Å². The van der Waals surface area contributed by atoms with Crippen LogP contribution in [0.4, 0.5) is 11.6 Å². The van der Waals surface area contributed by atoms with Gasteiger partial charge in [0.1, 0.15) is 0 Å². The number of anilines is 2. The molecule has 0 aliphatic rings. The first-order chi connectivity index (χ1) is 12.7. The maximum Gasteiger partial charge on any atom is 0.335 e. The quantitative estimate of drug-likeness (QED) is 0.561. The average Bonchev–Trinajstić information content (AvgIpc) is 2.68. The monoisotopic (exact) mass is 341 g/mol. The van der Waals surface area contributed by atoms with Crippen molar-refractivity contribution < 1.29 is 9.90 Å². The predicted molar refractivity (Wildman–Crippen MR) is 102 cm³/mol. The van der Waals surface area contributed by atoms with E-state index in [0.29, 0.717) is 11.6 Å². The Morgan fingerprint density at radius 2 is 1.62 bits per heavy atom. The molecule has 126 valence electrons. The van der Waals surface area contributed by atoms with Gasteiger partial charge in [-0.05, 0) is 24.3 Å². The lowest BCUT2D eigenvalue weighted by atomic mass is 10.1. The van der Waals surface area contributed by atoms with Gasteiger partial charge in [0.25, 0.3) is 0 Å².